The summed E-state index contributed by atoms with van der Waals surface area (Å²) in [6, 6.07) is 0.206. The molecule has 1 unspecified atom stereocenters. The Bertz CT molecular complexity index is 483. The maximum absolute atomic E-state index is 12.3. The summed E-state index contributed by atoms with van der Waals surface area (Å²) in [5, 5.41) is 5.95. The molecule has 1 atom stereocenters. The monoisotopic (exact) mass is 333 g/mol. The van der Waals surface area contributed by atoms with Crippen molar-refractivity contribution in [3.05, 3.63) is 11.6 Å². The summed E-state index contributed by atoms with van der Waals surface area (Å²) in [4.78, 5) is 26.9. The second-order valence-electron chi connectivity index (χ2n) is 7.40. The van der Waals surface area contributed by atoms with Crippen molar-refractivity contribution in [3.8, 4) is 0 Å². The molecule has 134 valence electrons. The first-order valence-corrected chi connectivity index (χ1v) is 9.72. The zero-order valence-corrected chi connectivity index (χ0v) is 14.7. The van der Waals surface area contributed by atoms with E-state index in [2.05, 4.69) is 21.6 Å². The fourth-order valence-corrected chi connectivity index (χ4v) is 4.36. The Morgan fingerprint density at radius 1 is 1.25 bits per heavy atom. The number of hydrogen-bond donors (Lipinski definition) is 2. The molecule has 0 radical (unpaired) electrons. The molecule has 2 amide bonds. The van der Waals surface area contributed by atoms with Crippen molar-refractivity contribution in [2.24, 2.45) is 0 Å². The maximum atomic E-state index is 12.3. The van der Waals surface area contributed by atoms with E-state index in [9.17, 15) is 9.59 Å². The van der Waals surface area contributed by atoms with Gasteiger partial charge in [0.25, 0.3) is 0 Å². The van der Waals surface area contributed by atoms with Crippen LogP contribution in [-0.4, -0.2) is 48.4 Å². The van der Waals surface area contributed by atoms with Crippen molar-refractivity contribution < 1.29 is 9.59 Å². The van der Waals surface area contributed by atoms with E-state index in [1.54, 1.807) is 0 Å². The molecule has 2 N–H and O–H groups in total. The molecule has 0 aromatic heterocycles. The Labute approximate surface area is 145 Å². The zero-order chi connectivity index (χ0) is 16.8. The lowest BCUT2D eigenvalue weighted by molar-refractivity contribution is -0.135. The van der Waals surface area contributed by atoms with Crippen LogP contribution in [-0.2, 0) is 9.59 Å². The van der Waals surface area contributed by atoms with Crippen LogP contribution in [0, 0.1) is 0 Å². The number of rotatable bonds is 6. The van der Waals surface area contributed by atoms with Gasteiger partial charge in [0.05, 0.1) is 12.5 Å². The Morgan fingerprint density at radius 3 is 2.83 bits per heavy atom. The SMILES string of the molecule is O=C(CC1C(=O)NCCN1C1CCCC1)NCCC1=CCCCC1. The Kier molecular flexibility index (Phi) is 6.30. The summed E-state index contributed by atoms with van der Waals surface area (Å²) >= 11 is 0. The number of hydrogen-bond acceptors (Lipinski definition) is 3. The predicted octanol–water partition coefficient (Wildman–Crippen LogP) is 2.13. The van der Waals surface area contributed by atoms with E-state index in [4.69, 9.17) is 0 Å². The molecule has 1 saturated heterocycles. The molecule has 3 aliphatic rings. The zero-order valence-electron chi connectivity index (χ0n) is 14.7. The van der Waals surface area contributed by atoms with Gasteiger partial charge in [-0.3, -0.25) is 14.5 Å². The van der Waals surface area contributed by atoms with Crippen LogP contribution < -0.4 is 10.6 Å². The number of nitrogens with zero attached hydrogens (tertiary/aromatic N) is 1. The minimum absolute atomic E-state index is 0.0106. The van der Waals surface area contributed by atoms with E-state index >= 15 is 0 Å². The molecule has 2 fully saturated rings. The molecular weight excluding hydrogens is 302 g/mol. The minimum atomic E-state index is -0.282. The average molecular weight is 333 g/mol. The highest BCUT2D eigenvalue weighted by Gasteiger charge is 2.36. The summed E-state index contributed by atoms with van der Waals surface area (Å²) < 4.78 is 0. The van der Waals surface area contributed by atoms with Crippen molar-refractivity contribution in [1.29, 1.82) is 0 Å². The van der Waals surface area contributed by atoms with E-state index < -0.39 is 0 Å². The van der Waals surface area contributed by atoms with E-state index in [1.807, 2.05) is 0 Å². The van der Waals surface area contributed by atoms with Gasteiger partial charge >= 0.3 is 0 Å². The second kappa shape index (κ2) is 8.65. The van der Waals surface area contributed by atoms with Gasteiger partial charge in [-0.15, -0.1) is 0 Å². The number of nitrogens with one attached hydrogen (secondary N) is 2. The van der Waals surface area contributed by atoms with Crippen LogP contribution in [0.5, 0.6) is 0 Å². The Morgan fingerprint density at radius 2 is 2.08 bits per heavy atom. The van der Waals surface area contributed by atoms with Crippen molar-refractivity contribution in [2.75, 3.05) is 19.6 Å². The first-order valence-electron chi connectivity index (χ1n) is 9.72. The topological polar surface area (TPSA) is 61.4 Å². The third-order valence-corrected chi connectivity index (χ3v) is 5.70. The largest absolute Gasteiger partial charge is 0.356 e. The van der Waals surface area contributed by atoms with Crippen LogP contribution >= 0.6 is 0 Å². The number of carbonyl (C=O) groups excluding carboxylic acids is 2. The van der Waals surface area contributed by atoms with Gasteiger partial charge in [0.15, 0.2) is 0 Å². The number of carbonyl (C=O) groups is 2. The number of amides is 2. The molecule has 0 bridgehead atoms. The Balaban J connectivity index is 1.47. The highest BCUT2D eigenvalue weighted by atomic mass is 16.2. The molecular formula is C19H31N3O2. The molecule has 2 aliphatic carbocycles. The predicted molar refractivity (Wildman–Crippen MR) is 94.6 cm³/mol. The van der Waals surface area contributed by atoms with E-state index in [-0.39, 0.29) is 17.9 Å². The van der Waals surface area contributed by atoms with Crippen LogP contribution in [0.4, 0.5) is 0 Å². The van der Waals surface area contributed by atoms with E-state index in [1.165, 1.54) is 56.9 Å². The molecule has 3 rings (SSSR count). The molecule has 24 heavy (non-hydrogen) atoms. The van der Waals surface area contributed by atoms with Gasteiger partial charge in [-0.1, -0.05) is 24.5 Å². The highest BCUT2D eigenvalue weighted by Crippen LogP contribution is 2.27. The van der Waals surface area contributed by atoms with Crippen molar-refractivity contribution in [2.45, 2.75) is 76.3 Å². The quantitative estimate of drug-likeness (QED) is 0.732. The van der Waals surface area contributed by atoms with Crippen LogP contribution in [0.3, 0.4) is 0 Å². The normalized spacial score (nSPS) is 26.1. The summed E-state index contributed by atoms with van der Waals surface area (Å²) in [7, 11) is 0. The number of allylic oxidation sites excluding steroid dienone is 1. The van der Waals surface area contributed by atoms with Crippen LogP contribution in [0.15, 0.2) is 11.6 Å². The van der Waals surface area contributed by atoms with Crippen LogP contribution in [0.25, 0.3) is 0 Å². The molecule has 1 heterocycles. The summed E-state index contributed by atoms with van der Waals surface area (Å²) in [6.07, 6.45) is 13.3. The molecule has 5 nitrogen and oxygen atoms in total. The smallest absolute Gasteiger partial charge is 0.237 e. The molecule has 5 heteroatoms. The molecule has 1 aliphatic heterocycles. The molecule has 0 spiro atoms. The van der Waals surface area contributed by atoms with E-state index in [0.717, 1.165) is 13.0 Å². The first kappa shape index (κ1) is 17.5. The molecule has 0 aromatic carbocycles. The van der Waals surface area contributed by atoms with Gasteiger partial charge in [0.1, 0.15) is 0 Å². The standard InChI is InChI=1S/C19H31N3O2/c23-18(20-11-10-15-6-2-1-3-7-15)14-17-19(24)21-12-13-22(17)16-8-4-5-9-16/h6,16-17H,1-5,7-14H2,(H,20,23)(H,21,24). The third-order valence-electron chi connectivity index (χ3n) is 5.70. The maximum Gasteiger partial charge on any atom is 0.237 e. The van der Waals surface area contributed by atoms with Gasteiger partial charge in [-0.25, -0.2) is 0 Å². The van der Waals surface area contributed by atoms with Gasteiger partial charge < -0.3 is 10.6 Å². The fraction of sp³-hybridized carbons (Fsp3) is 0.789. The lowest BCUT2D eigenvalue weighted by Crippen LogP contribution is -2.59. The van der Waals surface area contributed by atoms with Gasteiger partial charge in [-0.05, 0) is 44.9 Å². The van der Waals surface area contributed by atoms with Gasteiger partial charge in [-0.2, -0.15) is 0 Å². The minimum Gasteiger partial charge on any atom is -0.356 e. The van der Waals surface area contributed by atoms with Crippen LogP contribution in [0.1, 0.15) is 64.2 Å². The van der Waals surface area contributed by atoms with Crippen LogP contribution in [0.2, 0.25) is 0 Å². The average Bonchev–Trinajstić information content (AvgIpc) is 3.12. The third kappa shape index (κ3) is 4.59. The van der Waals surface area contributed by atoms with Crippen molar-refractivity contribution in [1.82, 2.24) is 15.5 Å². The number of piperazine rings is 1. The van der Waals surface area contributed by atoms with Crippen molar-refractivity contribution in [3.63, 3.8) is 0 Å². The summed E-state index contributed by atoms with van der Waals surface area (Å²) in [6.45, 7) is 2.28. The lowest BCUT2D eigenvalue weighted by Gasteiger charge is -2.38. The van der Waals surface area contributed by atoms with E-state index in [0.29, 0.717) is 25.6 Å². The first-order chi connectivity index (χ1) is 11.7. The van der Waals surface area contributed by atoms with Gasteiger partial charge in [0.2, 0.25) is 11.8 Å². The molecule has 1 saturated carbocycles. The van der Waals surface area contributed by atoms with Gasteiger partial charge in [0, 0.05) is 25.7 Å². The highest BCUT2D eigenvalue weighted by molar-refractivity contribution is 5.88. The lowest BCUT2D eigenvalue weighted by atomic mass is 9.97. The Hall–Kier alpha value is -1.36. The summed E-state index contributed by atoms with van der Waals surface area (Å²) in [5.74, 6) is 0.0368. The van der Waals surface area contributed by atoms with Crippen molar-refractivity contribution >= 4 is 11.8 Å². The fourth-order valence-electron chi connectivity index (χ4n) is 4.36. The second-order valence-corrected chi connectivity index (χ2v) is 7.40. The summed E-state index contributed by atoms with van der Waals surface area (Å²) in [5.41, 5.74) is 1.48. The molecule has 0 aromatic rings.